The number of anilines is 3. The smallest absolute Gasteiger partial charge is 0.139 e. The molecule has 5 aliphatic carbocycles. The van der Waals surface area contributed by atoms with Crippen LogP contribution in [-0.2, 0) is 16.2 Å². The highest BCUT2D eigenvalue weighted by Crippen LogP contribution is 2.69. The maximum atomic E-state index is 7.06. The molecule has 13 rings (SSSR count). The highest BCUT2D eigenvalue weighted by Gasteiger charge is 2.61. The Labute approximate surface area is 356 Å². The van der Waals surface area contributed by atoms with E-state index in [1.54, 1.807) is 0 Å². The minimum atomic E-state index is 0.0390. The van der Waals surface area contributed by atoms with E-state index in [0.717, 1.165) is 34.7 Å². The Bertz CT molecular complexity index is 2770. The molecule has 0 saturated heterocycles. The molecule has 1 spiro atoms. The second kappa shape index (κ2) is 13.2. The zero-order chi connectivity index (χ0) is 40.4. The van der Waals surface area contributed by atoms with Crippen LogP contribution >= 0.6 is 0 Å². The molecule has 0 atom stereocenters. The summed E-state index contributed by atoms with van der Waals surface area (Å²) in [5.74, 6) is 5.32. The quantitative estimate of drug-likeness (QED) is 0.172. The first-order valence-electron chi connectivity index (χ1n) is 22.7. The Morgan fingerprint density at radius 3 is 1.73 bits per heavy atom. The standard InChI is InChI=1S/C58H55NO/c1-56(2)29-30-57(3,4)53-36-46(27-28-50(53)56)59(44-23-19-40(20-24-44)48-14-9-12-39-11-5-6-13-47(39)48)45-25-21-41(22-26-45)49-15-10-17-52-55(49)60-54-18-8-7-16-51(54)58(52)42-32-37-31-38(34-42)35-43(58)33-37/h5-28,36-38,42-43H,29-35H2,1-4H3. The molecule has 0 radical (unpaired) electrons. The van der Waals surface area contributed by atoms with Gasteiger partial charge in [0, 0.05) is 39.2 Å². The van der Waals surface area contributed by atoms with Crippen LogP contribution in [0, 0.1) is 23.7 Å². The molecule has 1 aliphatic heterocycles. The fourth-order valence-electron chi connectivity index (χ4n) is 13.4. The van der Waals surface area contributed by atoms with Crippen LogP contribution in [0.4, 0.5) is 17.1 Å². The van der Waals surface area contributed by atoms with Crippen LogP contribution in [0.5, 0.6) is 11.5 Å². The van der Waals surface area contributed by atoms with E-state index in [1.165, 1.54) is 106 Å². The van der Waals surface area contributed by atoms with Crippen molar-refractivity contribution in [2.75, 3.05) is 4.90 Å². The lowest BCUT2D eigenvalue weighted by Crippen LogP contribution is -2.57. The summed E-state index contributed by atoms with van der Waals surface area (Å²) in [5, 5.41) is 2.55. The van der Waals surface area contributed by atoms with Gasteiger partial charge in [0.2, 0.25) is 0 Å². The third-order valence-electron chi connectivity index (χ3n) is 16.2. The zero-order valence-electron chi connectivity index (χ0n) is 35.5. The summed E-state index contributed by atoms with van der Waals surface area (Å²) in [6, 6.07) is 57.2. The van der Waals surface area contributed by atoms with Crippen molar-refractivity contribution in [2.45, 2.75) is 88.9 Å². The molecule has 4 bridgehead atoms. The number of hydrogen-bond acceptors (Lipinski definition) is 2. The molecule has 0 amide bonds. The summed E-state index contributed by atoms with van der Waals surface area (Å²) in [5.41, 5.74) is 14.5. The van der Waals surface area contributed by atoms with Crippen LogP contribution in [0.3, 0.4) is 0 Å². The van der Waals surface area contributed by atoms with Gasteiger partial charge < -0.3 is 9.64 Å². The van der Waals surface area contributed by atoms with Crippen molar-refractivity contribution in [3.8, 4) is 33.8 Å². The van der Waals surface area contributed by atoms with Crippen molar-refractivity contribution in [3.05, 3.63) is 174 Å². The van der Waals surface area contributed by atoms with Gasteiger partial charge in [0.25, 0.3) is 0 Å². The Balaban J connectivity index is 0.968. The predicted octanol–water partition coefficient (Wildman–Crippen LogP) is 15.8. The molecule has 0 unspecified atom stereocenters. The lowest BCUT2D eigenvalue weighted by molar-refractivity contribution is -0.0451. The van der Waals surface area contributed by atoms with Gasteiger partial charge in [-0.05, 0) is 161 Å². The Hall–Kier alpha value is -5.60. The molecule has 7 aromatic carbocycles. The first-order chi connectivity index (χ1) is 29.2. The maximum absolute atomic E-state index is 7.06. The van der Waals surface area contributed by atoms with E-state index in [2.05, 4.69) is 184 Å². The molecule has 2 heteroatoms. The SMILES string of the molecule is CC1(C)CCC(C)(C)c2cc(N(c3ccc(-c4cccc5c4Oc4ccccc4C54C5CC6CC(C5)CC4C6)cc3)c3ccc(-c4cccc5ccccc45)cc3)ccc21. The number of nitrogens with zero attached hydrogens (tertiary/aromatic N) is 1. The van der Waals surface area contributed by atoms with Crippen molar-refractivity contribution in [1.29, 1.82) is 0 Å². The highest BCUT2D eigenvalue weighted by molar-refractivity contribution is 5.97. The summed E-state index contributed by atoms with van der Waals surface area (Å²) >= 11 is 0. The van der Waals surface area contributed by atoms with E-state index in [4.69, 9.17) is 4.74 Å². The van der Waals surface area contributed by atoms with E-state index in [9.17, 15) is 0 Å². The summed E-state index contributed by atoms with van der Waals surface area (Å²) in [7, 11) is 0. The van der Waals surface area contributed by atoms with Crippen molar-refractivity contribution in [1.82, 2.24) is 0 Å². The molecule has 0 aromatic heterocycles. The normalized spacial score (nSPS) is 25.0. The van der Waals surface area contributed by atoms with Crippen LogP contribution in [0.15, 0.2) is 152 Å². The van der Waals surface area contributed by atoms with Crippen LogP contribution in [0.2, 0.25) is 0 Å². The molecule has 0 N–H and O–H groups in total. The average Bonchev–Trinajstić information content (AvgIpc) is 3.27. The monoisotopic (exact) mass is 781 g/mol. The van der Waals surface area contributed by atoms with Crippen LogP contribution in [-0.4, -0.2) is 0 Å². The second-order valence-corrected chi connectivity index (χ2v) is 20.4. The van der Waals surface area contributed by atoms with E-state index in [-0.39, 0.29) is 16.2 Å². The van der Waals surface area contributed by atoms with Crippen molar-refractivity contribution in [3.63, 3.8) is 0 Å². The fourth-order valence-corrected chi connectivity index (χ4v) is 13.4. The minimum Gasteiger partial charge on any atom is -0.456 e. The number of para-hydroxylation sites is 2. The van der Waals surface area contributed by atoms with E-state index < -0.39 is 0 Å². The molecule has 4 saturated carbocycles. The van der Waals surface area contributed by atoms with Gasteiger partial charge in [-0.15, -0.1) is 0 Å². The molecule has 60 heavy (non-hydrogen) atoms. The van der Waals surface area contributed by atoms with Crippen LogP contribution in [0.25, 0.3) is 33.0 Å². The van der Waals surface area contributed by atoms with Gasteiger partial charge in [0.1, 0.15) is 11.5 Å². The summed E-state index contributed by atoms with van der Waals surface area (Å²) < 4.78 is 7.06. The van der Waals surface area contributed by atoms with Gasteiger partial charge in [-0.2, -0.15) is 0 Å². The highest BCUT2D eigenvalue weighted by atomic mass is 16.5. The van der Waals surface area contributed by atoms with Crippen LogP contribution < -0.4 is 9.64 Å². The van der Waals surface area contributed by atoms with E-state index in [1.807, 2.05) is 0 Å². The minimum absolute atomic E-state index is 0.0390. The largest absolute Gasteiger partial charge is 0.456 e. The third-order valence-corrected chi connectivity index (χ3v) is 16.2. The second-order valence-electron chi connectivity index (χ2n) is 20.4. The number of hydrogen-bond donors (Lipinski definition) is 0. The lowest BCUT2D eigenvalue weighted by atomic mass is 9.41. The van der Waals surface area contributed by atoms with E-state index in [0.29, 0.717) is 11.8 Å². The summed E-state index contributed by atoms with van der Waals surface area (Å²) in [6.45, 7) is 9.69. The number of ether oxygens (including phenoxy) is 1. The van der Waals surface area contributed by atoms with Crippen molar-refractivity contribution in [2.24, 2.45) is 23.7 Å². The molecule has 7 aromatic rings. The summed E-state index contributed by atoms with van der Waals surface area (Å²) in [4.78, 5) is 2.46. The topological polar surface area (TPSA) is 12.5 Å². The van der Waals surface area contributed by atoms with Gasteiger partial charge in [0.05, 0.1) is 0 Å². The lowest BCUT2D eigenvalue weighted by Gasteiger charge is -2.63. The molecule has 298 valence electrons. The van der Waals surface area contributed by atoms with Gasteiger partial charge in [-0.1, -0.05) is 137 Å². The zero-order valence-corrected chi connectivity index (χ0v) is 35.5. The Kier molecular flexibility index (Phi) is 7.98. The fraction of sp³-hybridized carbons (Fsp3) is 0.310. The maximum Gasteiger partial charge on any atom is 0.139 e. The predicted molar refractivity (Wildman–Crippen MR) is 249 cm³/mol. The molecule has 2 nitrogen and oxygen atoms in total. The number of rotatable bonds is 5. The van der Waals surface area contributed by atoms with Gasteiger partial charge in [-0.25, -0.2) is 0 Å². The van der Waals surface area contributed by atoms with Crippen molar-refractivity contribution < 1.29 is 4.74 Å². The van der Waals surface area contributed by atoms with Gasteiger partial charge in [-0.3, -0.25) is 0 Å². The third kappa shape index (κ3) is 5.38. The average molecular weight is 782 g/mol. The molecule has 1 heterocycles. The molecule has 6 aliphatic rings. The van der Waals surface area contributed by atoms with Gasteiger partial charge >= 0.3 is 0 Å². The number of fused-ring (bicyclic) bond motifs is 4. The first-order valence-corrected chi connectivity index (χ1v) is 22.7. The van der Waals surface area contributed by atoms with E-state index >= 15 is 0 Å². The Morgan fingerprint density at radius 1 is 0.467 bits per heavy atom. The van der Waals surface area contributed by atoms with Gasteiger partial charge in [0.15, 0.2) is 0 Å². The molecule has 4 fully saturated rings. The van der Waals surface area contributed by atoms with Crippen molar-refractivity contribution >= 4 is 27.8 Å². The molecular weight excluding hydrogens is 727 g/mol. The molecular formula is C58H55NO. The van der Waals surface area contributed by atoms with Crippen LogP contribution in [0.1, 0.15) is 94.9 Å². The summed E-state index contributed by atoms with van der Waals surface area (Å²) in [6.07, 6.45) is 9.27. The number of benzene rings is 7. The first kappa shape index (κ1) is 36.3. The Morgan fingerprint density at radius 2 is 1.02 bits per heavy atom.